The fourth-order valence-electron chi connectivity index (χ4n) is 2.54. The van der Waals surface area contributed by atoms with E-state index in [1.165, 1.54) is 17.2 Å². The molecule has 0 saturated carbocycles. The van der Waals surface area contributed by atoms with Gasteiger partial charge in [0.2, 0.25) is 0 Å². The number of nitro benzene ring substituents is 1. The zero-order valence-electron chi connectivity index (χ0n) is 12.5. The van der Waals surface area contributed by atoms with Crippen LogP contribution in [0.15, 0.2) is 48.5 Å². The maximum atomic E-state index is 10.8. The van der Waals surface area contributed by atoms with E-state index in [0.29, 0.717) is 0 Å². The Morgan fingerprint density at radius 2 is 1.76 bits per heavy atom. The van der Waals surface area contributed by atoms with Crippen molar-refractivity contribution < 1.29 is 4.92 Å². The highest BCUT2D eigenvalue weighted by Gasteiger charge is 2.14. The van der Waals surface area contributed by atoms with Crippen molar-refractivity contribution in [3.63, 3.8) is 0 Å². The molecular weight excluding hydrogens is 264 g/mol. The SMILES string of the molecule is Cc1ccccc1C(C)NC(C)c1cccc([N+](=O)[O-])c1. The normalized spacial score (nSPS) is 13.7. The van der Waals surface area contributed by atoms with Crippen LogP contribution in [-0.4, -0.2) is 4.92 Å². The van der Waals surface area contributed by atoms with E-state index in [-0.39, 0.29) is 22.7 Å². The average molecular weight is 284 g/mol. The summed E-state index contributed by atoms with van der Waals surface area (Å²) < 4.78 is 0. The average Bonchev–Trinajstić information content (AvgIpc) is 2.47. The summed E-state index contributed by atoms with van der Waals surface area (Å²) in [7, 11) is 0. The van der Waals surface area contributed by atoms with Crippen LogP contribution in [0.4, 0.5) is 5.69 Å². The van der Waals surface area contributed by atoms with Crippen LogP contribution in [0.5, 0.6) is 0 Å². The van der Waals surface area contributed by atoms with E-state index < -0.39 is 0 Å². The third-order valence-electron chi connectivity index (χ3n) is 3.74. The Labute approximate surface area is 125 Å². The molecule has 21 heavy (non-hydrogen) atoms. The summed E-state index contributed by atoms with van der Waals surface area (Å²) in [5.41, 5.74) is 3.54. The van der Waals surface area contributed by atoms with Gasteiger partial charge in [0.05, 0.1) is 4.92 Å². The first-order valence-corrected chi connectivity index (χ1v) is 7.05. The first kappa shape index (κ1) is 15.2. The Bertz CT molecular complexity index is 640. The maximum absolute atomic E-state index is 10.8. The first-order chi connectivity index (χ1) is 9.99. The van der Waals surface area contributed by atoms with E-state index in [0.717, 1.165) is 5.56 Å². The number of nitrogens with zero attached hydrogens (tertiary/aromatic N) is 1. The van der Waals surface area contributed by atoms with Crippen molar-refractivity contribution in [3.8, 4) is 0 Å². The number of aryl methyl sites for hydroxylation is 1. The summed E-state index contributed by atoms with van der Waals surface area (Å²) >= 11 is 0. The molecule has 0 aliphatic carbocycles. The third-order valence-corrected chi connectivity index (χ3v) is 3.74. The summed E-state index contributed by atoms with van der Waals surface area (Å²) in [5, 5.41) is 14.3. The molecule has 4 nitrogen and oxygen atoms in total. The second-order valence-corrected chi connectivity index (χ2v) is 5.32. The van der Waals surface area contributed by atoms with Crippen LogP contribution in [0.2, 0.25) is 0 Å². The Hall–Kier alpha value is -2.20. The van der Waals surface area contributed by atoms with Crippen LogP contribution in [0.3, 0.4) is 0 Å². The van der Waals surface area contributed by atoms with Gasteiger partial charge < -0.3 is 5.32 Å². The molecule has 0 aliphatic heterocycles. The molecule has 0 saturated heterocycles. The molecule has 2 rings (SSSR count). The number of hydrogen-bond acceptors (Lipinski definition) is 3. The second-order valence-electron chi connectivity index (χ2n) is 5.32. The van der Waals surface area contributed by atoms with Gasteiger partial charge in [0.1, 0.15) is 0 Å². The molecule has 0 heterocycles. The molecule has 2 unspecified atom stereocenters. The summed E-state index contributed by atoms with van der Waals surface area (Å²) in [5.74, 6) is 0. The zero-order valence-corrected chi connectivity index (χ0v) is 12.5. The predicted octanol–water partition coefficient (Wildman–Crippen LogP) is 4.32. The molecule has 0 fully saturated rings. The van der Waals surface area contributed by atoms with Crippen LogP contribution < -0.4 is 5.32 Å². The molecule has 0 aliphatic rings. The van der Waals surface area contributed by atoms with Gasteiger partial charge in [0, 0.05) is 24.2 Å². The molecule has 4 heteroatoms. The number of benzene rings is 2. The van der Waals surface area contributed by atoms with Crippen LogP contribution in [-0.2, 0) is 0 Å². The van der Waals surface area contributed by atoms with Crippen LogP contribution >= 0.6 is 0 Å². The molecule has 0 bridgehead atoms. The third kappa shape index (κ3) is 3.67. The van der Waals surface area contributed by atoms with Crippen molar-refractivity contribution >= 4 is 5.69 Å². The van der Waals surface area contributed by atoms with Crippen LogP contribution in [0.1, 0.15) is 42.6 Å². The highest BCUT2D eigenvalue weighted by Crippen LogP contribution is 2.23. The van der Waals surface area contributed by atoms with Crippen LogP contribution in [0.25, 0.3) is 0 Å². The number of nitro groups is 1. The fourth-order valence-corrected chi connectivity index (χ4v) is 2.54. The van der Waals surface area contributed by atoms with Crippen molar-refractivity contribution in [1.82, 2.24) is 5.32 Å². The van der Waals surface area contributed by atoms with Crippen LogP contribution in [0, 0.1) is 17.0 Å². The van der Waals surface area contributed by atoms with E-state index in [1.807, 2.05) is 25.1 Å². The smallest absolute Gasteiger partial charge is 0.269 e. The van der Waals surface area contributed by atoms with E-state index in [1.54, 1.807) is 12.1 Å². The molecule has 2 aromatic rings. The van der Waals surface area contributed by atoms with Crippen molar-refractivity contribution in [1.29, 1.82) is 0 Å². The molecular formula is C17H20N2O2. The standard InChI is InChI=1S/C17H20N2O2/c1-12-7-4-5-10-17(12)14(3)18-13(2)15-8-6-9-16(11-15)19(20)21/h4-11,13-14,18H,1-3H3. The molecule has 0 aromatic heterocycles. The molecule has 0 radical (unpaired) electrons. The Morgan fingerprint density at radius 1 is 1.05 bits per heavy atom. The highest BCUT2D eigenvalue weighted by atomic mass is 16.6. The van der Waals surface area contributed by atoms with Gasteiger partial charge in [0.15, 0.2) is 0 Å². The van der Waals surface area contributed by atoms with E-state index in [2.05, 4.69) is 31.3 Å². The van der Waals surface area contributed by atoms with E-state index >= 15 is 0 Å². The van der Waals surface area contributed by atoms with Crippen molar-refractivity contribution in [2.45, 2.75) is 32.9 Å². The van der Waals surface area contributed by atoms with Gasteiger partial charge in [-0.05, 0) is 37.5 Å². The van der Waals surface area contributed by atoms with Gasteiger partial charge in [-0.1, -0.05) is 36.4 Å². The first-order valence-electron chi connectivity index (χ1n) is 7.05. The monoisotopic (exact) mass is 284 g/mol. The Morgan fingerprint density at radius 3 is 2.43 bits per heavy atom. The minimum Gasteiger partial charge on any atom is -0.304 e. The maximum Gasteiger partial charge on any atom is 0.269 e. The fraction of sp³-hybridized carbons (Fsp3) is 0.294. The van der Waals surface area contributed by atoms with Gasteiger partial charge in [-0.25, -0.2) is 0 Å². The van der Waals surface area contributed by atoms with Gasteiger partial charge in [-0.3, -0.25) is 10.1 Å². The minimum absolute atomic E-state index is 0.0412. The highest BCUT2D eigenvalue weighted by molar-refractivity contribution is 5.36. The molecule has 0 amide bonds. The van der Waals surface area contributed by atoms with Gasteiger partial charge in [-0.2, -0.15) is 0 Å². The lowest BCUT2D eigenvalue weighted by Crippen LogP contribution is -2.23. The van der Waals surface area contributed by atoms with E-state index in [4.69, 9.17) is 0 Å². The van der Waals surface area contributed by atoms with Crippen molar-refractivity contribution in [2.24, 2.45) is 0 Å². The lowest BCUT2D eigenvalue weighted by atomic mass is 10.0. The largest absolute Gasteiger partial charge is 0.304 e. The van der Waals surface area contributed by atoms with Gasteiger partial charge >= 0.3 is 0 Å². The number of rotatable bonds is 5. The topological polar surface area (TPSA) is 55.2 Å². The van der Waals surface area contributed by atoms with E-state index in [9.17, 15) is 10.1 Å². The lowest BCUT2D eigenvalue weighted by Gasteiger charge is -2.22. The van der Waals surface area contributed by atoms with Crippen molar-refractivity contribution in [2.75, 3.05) is 0 Å². The molecule has 2 aromatic carbocycles. The van der Waals surface area contributed by atoms with Crippen molar-refractivity contribution in [3.05, 3.63) is 75.3 Å². The summed E-state index contributed by atoms with van der Waals surface area (Å²) in [6, 6.07) is 15.2. The Balaban J connectivity index is 2.14. The number of nitrogens with one attached hydrogen (secondary N) is 1. The molecule has 0 spiro atoms. The molecule has 110 valence electrons. The van der Waals surface area contributed by atoms with Gasteiger partial charge in [0.25, 0.3) is 5.69 Å². The summed E-state index contributed by atoms with van der Waals surface area (Å²) in [6.45, 7) is 6.22. The summed E-state index contributed by atoms with van der Waals surface area (Å²) in [4.78, 5) is 10.5. The van der Waals surface area contributed by atoms with Gasteiger partial charge in [-0.15, -0.1) is 0 Å². The summed E-state index contributed by atoms with van der Waals surface area (Å²) in [6.07, 6.45) is 0. The number of non-ortho nitro benzene ring substituents is 1. The number of hydrogen-bond donors (Lipinski definition) is 1. The predicted molar refractivity (Wildman–Crippen MR) is 84.2 cm³/mol. The Kier molecular flexibility index (Phi) is 4.70. The second kappa shape index (κ2) is 6.50. The molecule has 2 atom stereocenters. The minimum atomic E-state index is -0.360. The lowest BCUT2D eigenvalue weighted by molar-refractivity contribution is -0.384. The quantitative estimate of drug-likeness (QED) is 0.657. The molecule has 1 N–H and O–H groups in total. The zero-order chi connectivity index (χ0) is 15.4.